The molecule has 0 unspecified atom stereocenters. The highest BCUT2D eigenvalue weighted by Crippen LogP contribution is 2.23. The lowest BCUT2D eigenvalue weighted by atomic mass is 10.1. The summed E-state index contributed by atoms with van der Waals surface area (Å²) in [6.07, 6.45) is 0. The zero-order valence-electron chi connectivity index (χ0n) is 13.0. The van der Waals surface area contributed by atoms with Gasteiger partial charge in [0.25, 0.3) is 5.91 Å². The number of amides is 1. The summed E-state index contributed by atoms with van der Waals surface area (Å²) >= 11 is 0. The van der Waals surface area contributed by atoms with Crippen LogP contribution in [-0.2, 0) is 6.54 Å². The molecule has 2 aromatic carbocycles. The second-order valence-electron chi connectivity index (χ2n) is 5.07. The Hall–Kier alpha value is -3.15. The van der Waals surface area contributed by atoms with Crippen molar-refractivity contribution in [1.82, 2.24) is 10.5 Å². The first-order valence-corrected chi connectivity index (χ1v) is 7.30. The Labute approximate surface area is 138 Å². The van der Waals surface area contributed by atoms with Gasteiger partial charge in [0.15, 0.2) is 5.76 Å². The van der Waals surface area contributed by atoms with E-state index in [4.69, 9.17) is 9.26 Å². The Morgan fingerprint density at radius 3 is 2.67 bits per heavy atom. The van der Waals surface area contributed by atoms with Crippen molar-refractivity contribution in [3.63, 3.8) is 0 Å². The van der Waals surface area contributed by atoms with E-state index in [2.05, 4.69) is 10.5 Å². The molecule has 3 rings (SSSR count). The van der Waals surface area contributed by atoms with Gasteiger partial charge in [-0.2, -0.15) is 0 Å². The van der Waals surface area contributed by atoms with Crippen LogP contribution in [0.3, 0.4) is 0 Å². The maximum Gasteiger partial charge on any atom is 0.254 e. The lowest BCUT2D eigenvalue weighted by Crippen LogP contribution is -2.23. The molecule has 24 heavy (non-hydrogen) atoms. The maximum atomic E-state index is 13.5. The van der Waals surface area contributed by atoms with Gasteiger partial charge in [0.05, 0.1) is 19.2 Å². The Morgan fingerprint density at radius 1 is 1.21 bits per heavy atom. The zero-order valence-corrected chi connectivity index (χ0v) is 13.0. The highest BCUT2D eigenvalue weighted by molar-refractivity contribution is 5.94. The summed E-state index contributed by atoms with van der Waals surface area (Å²) < 4.78 is 23.9. The molecule has 0 saturated carbocycles. The van der Waals surface area contributed by atoms with E-state index in [0.717, 1.165) is 11.3 Å². The smallest absolute Gasteiger partial charge is 0.254 e. The number of carbonyl (C=O) groups excluding carboxylic acids is 1. The van der Waals surface area contributed by atoms with E-state index in [1.807, 2.05) is 24.3 Å². The molecule has 6 heteroatoms. The predicted molar refractivity (Wildman–Crippen MR) is 86.1 cm³/mol. The summed E-state index contributed by atoms with van der Waals surface area (Å²) in [6.45, 7) is 0.146. The average Bonchev–Trinajstić information content (AvgIpc) is 3.09. The third kappa shape index (κ3) is 3.43. The van der Waals surface area contributed by atoms with Crippen molar-refractivity contribution in [3.05, 3.63) is 71.7 Å². The topological polar surface area (TPSA) is 64.4 Å². The summed E-state index contributed by atoms with van der Waals surface area (Å²) in [5.74, 6) is 0.264. The molecule has 1 aromatic heterocycles. The van der Waals surface area contributed by atoms with E-state index in [0.29, 0.717) is 11.5 Å². The summed E-state index contributed by atoms with van der Waals surface area (Å²) in [4.78, 5) is 12.0. The molecular weight excluding hydrogens is 311 g/mol. The van der Waals surface area contributed by atoms with E-state index in [-0.39, 0.29) is 12.1 Å². The highest BCUT2D eigenvalue weighted by atomic mass is 19.1. The fraction of sp³-hybridized carbons (Fsp3) is 0.111. The van der Waals surface area contributed by atoms with E-state index in [9.17, 15) is 9.18 Å². The molecule has 1 amide bonds. The monoisotopic (exact) mass is 326 g/mol. The number of rotatable bonds is 5. The number of halogens is 1. The van der Waals surface area contributed by atoms with Crippen LogP contribution in [-0.4, -0.2) is 18.2 Å². The minimum atomic E-state index is -0.561. The number of hydrogen-bond acceptors (Lipinski definition) is 4. The van der Waals surface area contributed by atoms with Crippen molar-refractivity contribution in [3.8, 4) is 17.1 Å². The molecule has 0 aliphatic rings. The molecule has 0 spiro atoms. The number of carbonyl (C=O) groups is 1. The number of ether oxygens (including phenoxy) is 1. The Balaban J connectivity index is 1.66. The Kier molecular flexibility index (Phi) is 4.56. The molecule has 0 atom stereocenters. The molecule has 5 nitrogen and oxygen atoms in total. The van der Waals surface area contributed by atoms with Crippen molar-refractivity contribution in [2.24, 2.45) is 0 Å². The number of nitrogens with one attached hydrogen (secondary N) is 1. The van der Waals surface area contributed by atoms with Crippen molar-refractivity contribution in [2.45, 2.75) is 6.54 Å². The second-order valence-corrected chi connectivity index (χ2v) is 5.07. The van der Waals surface area contributed by atoms with Crippen LogP contribution in [0.25, 0.3) is 11.3 Å². The van der Waals surface area contributed by atoms with Gasteiger partial charge in [-0.1, -0.05) is 17.3 Å². The first-order valence-electron chi connectivity index (χ1n) is 7.30. The fourth-order valence-corrected chi connectivity index (χ4v) is 2.20. The molecule has 1 N–H and O–H groups in total. The maximum absolute atomic E-state index is 13.5. The van der Waals surface area contributed by atoms with Gasteiger partial charge in [0, 0.05) is 11.6 Å². The van der Waals surface area contributed by atoms with E-state index < -0.39 is 11.7 Å². The summed E-state index contributed by atoms with van der Waals surface area (Å²) in [6, 6.07) is 14.9. The minimum absolute atomic E-state index is 0.00336. The molecule has 3 aromatic rings. The number of nitrogens with zero attached hydrogens (tertiary/aromatic N) is 1. The number of benzene rings is 2. The van der Waals surface area contributed by atoms with Crippen LogP contribution in [0.4, 0.5) is 4.39 Å². The summed E-state index contributed by atoms with van der Waals surface area (Å²) in [5.41, 5.74) is 1.39. The Morgan fingerprint density at radius 2 is 1.96 bits per heavy atom. The average molecular weight is 326 g/mol. The molecule has 0 radical (unpaired) electrons. The zero-order chi connectivity index (χ0) is 16.9. The molecule has 0 bridgehead atoms. The van der Waals surface area contributed by atoms with Gasteiger partial charge in [0.2, 0.25) is 0 Å². The Bertz CT molecular complexity index is 843. The molecule has 0 aliphatic carbocycles. The van der Waals surface area contributed by atoms with Crippen molar-refractivity contribution >= 4 is 5.91 Å². The van der Waals surface area contributed by atoms with Crippen LogP contribution in [0, 0.1) is 5.82 Å². The van der Waals surface area contributed by atoms with Crippen molar-refractivity contribution < 1.29 is 18.4 Å². The quantitative estimate of drug-likeness (QED) is 0.780. The second kappa shape index (κ2) is 6.95. The SMILES string of the molecule is COc1ccc(-c2cc(CNC(=O)c3ccccc3F)no2)cc1. The van der Waals surface area contributed by atoms with Gasteiger partial charge in [-0.05, 0) is 36.4 Å². The van der Waals surface area contributed by atoms with Crippen LogP contribution < -0.4 is 10.1 Å². The van der Waals surface area contributed by atoms with Crippen LogP contribution in [0.1, 0.15) is 16.1 Å². The van der Waals surface area contributed by atoms with E-state index in [1.54, 1.807) is 19.2 Å². The standard InChI is InChI=1S/C18H15FN2O3/c1-23-14-8-6-12(7-9-14)17-10-13(21-24-17)11-20-18(22)15-4-2-3-5-16(15)19/h2-10H,11H2,1H3,(H,20,22). The molecule has 0 aliphatic heterocycles. The normalized spacial score (nSPS) is 10.4. The third-order valence-corrected chi connectivity index (χ3v) is 3.48. The number of aromatic nitrogens is 1. The van der Waals surface area contributed by atoms with Crippen LogP contribution in [0.2, 0.25) is 0 Å². The first-order chi connectivity index (χ1) is 11.7. The molecule has 0 fully saturated rings. The number of hydrogen-bond donors (Lipinski definition) is 1. The molecular formula is C18H15FN2O3. The van der Waals surface area contributed by atoms with Gasteiger partial charge >= 0.3 is 0 Å². The summed E-state index contributed by atoms with van der Waals surface area (Å²) in [5, 5.41) is 6.53. The van der Waals surface area contributed by atoms with Crippen LogP contribution in [0.15, 0.2) is 59.1 Å². The lowest BCUT2D eigenvalue weighted by Gasteiger charge is -2.03. The minimum Gasteiger partial charge on any atom is -0.497 e. The highest BCUT2D eigenvalue weighted by Gasteiger charge is 2.12. The molecule has 0 saturated heterocycles. The van der Waals surface area contributed by atoms with Gasteiger partial charge in [-0.25, -0.2) is 4.39 Å². The van der Waals surface area contributed by atoms with E-state index in [1.165, 1.54) is 18.2 Å². The van der Waals surface area contributed by atoms with Crippen molar-refractivity contribution in [2.75, 3.05) is 7.11 Å². The van der Waals surface area contributed by atoms with Crippen molar-refractivity contribution in [1.29, 1.82) is 0 Å². The number of methoxy groups -OCH3 is 1. The van der Waals surface area contributed by atoms with E-state index >= 15 is 0 Å². The lowest BCUT2D eigenvalue weighted by molar-refractivity contribution is 0.0946. The molecule has 1 heterocycles. The van der Waals surface area contributed by atoms with Crippen LogP contribution in [0.5, 0.6) is 5.75 Å². The fourth-order valence-electron chi connectivity index (χ4n) is 2.20. The largest absolute Gasteiger partial charge is 0.497 e. The first kappa shape index (κ1) is 15.7. The van der Waals surface area contributed by atoms with Gasteiger partial charge in [-0.3, -0.25) is 4.79 Å². The third-order valence-electron chi connectivity index (χ3n) is 3.48. The summed E-state index contributed by atoms with van der Waals surface area (Å²) in [7, 11) is 1.60. The molecule has 122 valence electrons. The van der Waals surface area contributed by atoms with Gasteiger partial charge < -0.3 is 14.6 Å². The predicted octanol–water partition coefficient (Wildman–Crippen LogP) is 3.42. The van der Waals surface area contributed by atoms with Gasteiger partial charge in [-0.15, -0.1) is 0 Å². The van der Waals surface area contributed by atoms with Gasteiger partial charge in [0.1, 0.15) is 17.3 Å². The van der Waals surface area contributed by atoms with Crippen LogP contribution >= 0.6 is 0 Å².